The van der Waals surface area contributed by atoms with Gasteiger partial charge in [-0.25, -0.2) is 0 Å². The molecule has 8 nitrogen and oxygen atoms in total. The number of aromatic nitrogens is 1. The lowest BCUT2D eigenvalue weighted by atomic mass is 10.1. The van der Waals surface area contributed by atoms with Gasteiger partial charge in [-0.3, -0.25) is 19.4 Å². The first-order chi connectivity index (χ1) is 22.5. The summed E-state index contributed by atoms with van der Waals surface area (Å²) in [6, 6.07) is 3.15. The van der Waals surface area contributed by atoms with Gasteiger partial charge in [-0.15, -0.1) is 0 Å². The van der Waals surface area contributed by atoms with E-state index in [0.717, 1.165) is 44.1 Å². The van der Waals surface area contributed by atoms with Gasteiger partial charge in [-0.05, 0) is 30.9 Å². The van der Waals surface area contributed by atoms with E-state index < -0.39 is 12.1 Å². The van der Waals surface area contributed by atoms with Crippen molar-refractivity contribution in [3.63, 3.8) is 0 Å². The average Bonchev–Trinajstić information content (AvgIpc) is 3.06. The molecule has 0 radical (unpaired) electrons. The maximum Gasteiger partial charge on any atom is 0.306 e. The smallest absolute Gasteiger partial charge is 0.306 e. The molecule has 0 spiro atoms. The molecule has 9 heteroatoms. The number of esters is 2. The maximum absolute atomic E-state index is 12.6. The molecule has 2 atom stereocenters. The van der Waals surface area contributed by atoms with E-state index in [1.807, 2.05) is 12.1 Å². The summed E-state index contributed by atoms with van der Waals surface area (Å²) in [6.45, 7) is 4.97. The van der Waals surface area contributed by atoms with Crippen molar-refractivity contribution in [1.29, 1.82) is 0 Å². The molecule has 264 valence electrons. The van der Waals surface area contributed by atoms with Crippen molar-refractivity contribution in [3.8, 4) is 0 Å². The van der Waals surface area contributed by atoms with E-state index >= 15 is 0 Å². The predicted octanol–water partition coefficient (Wildman–Crippen LogP) is 8.10. The fourth-order valence-corrected chi connectivity index (χ4v) is 6.16. The van der Waals surface area contributed by atoms with Crippen molar-refractivity contribution in [3.05, 3.63) is 30.1 Å². The Morgan fingerprint density at radius 3 is 1.87 bits per heavy atom. The fourth-order valence-electron chi connectivity index (χ4n) is 5.19. The summed E-state index contributed by atoms with van der Waals surface area (Å²) >= 11 is 1.43. The Morgan fingerprint density at radius 1 is 0.783 bits per heavy atom. The quantitative estimate of drug-likeness (QED) is 0.0604. The lowest BCUT2D eigenvalue weighted by molar-refractivity contribution is -0.157. The predicted molar refractivity (Wildman–Crippen MR) is 191 cm³/mol. The van der Waals surface area contributed by atoms with Crippen molar-refractivity contribution < 1.29 is 23.9 Å². The molecule has 0 fully saturated rings. The van der Waals surface area contributed by atoms with Gasteiger partial charge in [-0.2, -0.15) is 11.8 Å². The SMILES string of the molecule is CCCCCCCCCCCC(=O)OC[C@H](CSC[C@H](N)C(=O)NCCc1cccnc1)OC(=O)CCCCCCCCCCC. The minimum atomic E-state index is -0.689. The number of ether oxygens (including phenoxy) is 2. The number of rotatable bonds is 31. The first kappa shape index (κ1) is 41.9. The van der Waals surface area contributed by atoms with Crippen LogP contribution in [0.4, 0.5) is 0 Å². The lowest BCUT2D eigenvalue weighted by Gasteiger charge is -2.19. The Morgan fingerprint density at radius 2 is 1.33 bits per heavy atom. The molecule has 0 bridgehead atoms. The first-order valence-electron chi connectivity index (χ1n) is 18.3. The standard InChI is InChI=1S/C37H65N3O5S/c1-3-5-7-9-11-13-15-17-19-23-35(41)44-29-33(45-36(42)24-20-18-16-14-12-10-8-6-4-2)30-46-31-34(38)37(43)40-27-25-32-22-21-26-39-28-32/h21-22,26,28,33-34H,3-20,23-25,27,29-31,38H2,1-2H3,(H,40,43)/t33-,34+/m1/s1. The highest BCUT2D eigenvalue weighted by molar-refractivity contribution is 7.99. The van der Waals surface area contributed by atoms with E-state index in [9.17, 15) is 14.4 Å². The van der Waals surface area contributed by atoms with E-state index in [0.29, 0.717) is 37.3 Å². The number of nitrogens with two attached hydrogens (primary N) is 1. The van der Waals surface area contributed by atoms with Crippen molar-refractivity contribution in [2.24, 2.45) is 5.73 Å². The maximum atomic E-state index is 12.6. The van der Waals surface area contributed by atoms with Crippen LogP contribution < -0.4 is 11.1 Å². The number of amides is 1. The van der Waals surface area contributed by atoms with Gasteiger partial charge in [0, 0.05) is 43.3 Å². The molecule has 0 aliphatic rings. The largest absolute Gasteiger partial charge is 0.462 e. The van der Waals surface area contributed by atoms with Crippen LogP contribution in [0.3, 0.4) is 0 Å². The molecular formula is C37H65N3O5S. The summed E-state index contributed by atoms with van der Waals surface area (Å²) in [5.41, 5.74) is 7.17. The van der Waals surface area contributed by atoms with Crippen molar-refractivity contribution >= 4 is 29.6 Å². The molecule has 1 aromatic rings. The number of nitrogens with zero attached hydrogens (tertiary/aromatic N) is 1. The molecule has 0 saturated carbocycles. The molecule has 3 N–H and O–H groups in total. The summed E-state index contributed by atoms with van der Waals surface area (Å²) in [5.74, 6) is 0.0457. The fraction of sp³-hybridized carbons (Fsp3) is 0.784. The van der Waals surface area contributed by atoms with Gasteiger partial charge in [-0.1, -0.05) is 123 Å². The Balaban J connectivity index is 2.38. The zero-order valence-electron chi connectivity index (χ0n) is 29.1. The molecule has 0 aromatic carbocycles. The Bertz CT molecular complexity index is 889. The highest BCUT2D eigenvalue weighted by Crippen LogP contribution is 2.14. The van der Waals surface area contributed by atoms with Gasteiger partial charge in [0.05, 0.1) is 6.04 Å². The molecule has 1 rings (SSSR count). The van der Waals surface area contributed by atoms with Crippen LogP contribution in [-0.4, -0.2) is 59.6 Å². The second-order valence-corrected chi connectivity index (χ2v) is 13.6. The first-order valence-corrected chi connectivity index (χ1v) is 19.5. The Kier molecular flexibility index (Phi) is 27.5. The van der Waals surface area contributed by atoms with Crippen LogP contribution in [0.25, 0.3) is 0 Å². The minimum absolute atomic E-state index is 0.0271. The van der Waals surface area contributed by atoms with Crippen LogP contribution in [0, 0.1) is 0 Å². The number of unbranched alkanes of at least 4 members (excludes halogenated alkanes) is 16. The monoisotopic (exact) mass is 663 g/mol. The normalized spacial score (nSPS) is 12.4. The molecule has 1 heterocycles. The van der Waals surface area contributed by atoms with Crippen LogP contribution in [0.5, 0.6) is 0 Å². The van der Waals surface area contributed by atoms with Crippen LogP contribution in [0.15, 0.2) is 24.5 Å². The van der Waals surface area contributed by atoms with Gasteiger partial charge in [0.25, 0.3) is 0 Å². The van der Waals surface area contributed by atoms with Crippen molar-refractivity contribution in [1.82, 2.24) is 10.3 Å². The topological polar surface area (TPSA) is 121 Å². The number of nitrogens with one attached hydrogen (secondary N) is 1. The number of carbonyl (C=O) groups is 3. The molecule has 0 saturated heterocycles. The minimum Gasteiger partial charge on any atom is -0.462 e. The Hall–Kier alpha value is -2.13. The van der Waals surface area contributed by atoms with Crippen LogP contribution >= 0.6 is 11.8 Å². The summed E-state index contributed by atoms with van der Waals surface area (Å²) in [5, 5.41) is 2.88. The molecule has 0 aliphatic heterocycles. The molecular weight excluding hydrogens is 598 g/mol. The number of thioether (sulfide) groups is 1. The number of carbonyl (C=O) groups excluding carboxylic acids is 3. The zero-order valence-corrected chi connectivity index (χ0v) is 29.9. The van der Waals surface area contributed by atoms with Gasteiger partial charge in [0.15, 0.2) is 0 Å². The molecule has 46 heavy (non-hydrogen) atoms. The summed E-state index contributed by atoms with van der Waals surface area (Å²) < 4.78 is 11.3. The molecule has 0 aliphatic carbocycles. The zero-order chi connectivity index (χ0) is 33.5. The number of hydrogen-bond donors (Lipinski definition) is 2. The van der Waals surface area contributed by atoms with E-state index in [1.165, 1.54) is 88.8 Å². The molecule has 1 aromatic heterocycles. The van der Waals surface area contributed by atoms with Gasteiger partial charge < -0.3 is 20.5 Å². The summed E-state index contributed by atoms with van der Waals surface area (Å²) in [6.07, 6.45) is 25.6. The van der Waals surface area contributed by atoms with Gasteiger partial charge >= 0.3 is 11.9 Å². The van der Waals surface area contributed by atoms with Crippen molar-refractivity contribution in [2.45, 2.75) is 161 Å². The van der Waals surface area contributed by atoms with Crippen LogP contribution in [-0.2, 0) is 30.3 Å². The average molecular weight is 664 g/mol. The van der Waals surface area contributed by atoms with Crippen molar-refractivity contribution in [2.75, 3.05) is 24.7 Å². The third-order valence-electron chi connectivity index (χ3n) is 8.07. The summed E-state index contributed by atoms with van der Waals surface area (Å²) in [4.78, 5) is 41.6. The Labute approximate surface area is 284 Å². The highest BCUT2D eigenvalue weighted by Gasteiger charge is 2.20. The highest BCUT2D eigenvalue weighted by atomic mass is 32.2. The molecule has 0 unspecified atom stereocenters. The number of hydrogen-bond acceptors (Lipinski definition) is 8. The van der Waals surface area contributed by atoms with E-state index in [1.54, 1.807) is 12.4 Å². The molecule has 1 amide bonds. The lowest BCUT2D eigenvalue weighted by Crippen LogP contribution is -2.43. The van der Waals surface area contributed by atoms with Gasteiger partial charge in [0.2, 0.25) is 5.91 Å². The van der Waals surface area contributed by atoms with E-state index in [4.69, 9.17) is 15.2 Å². The van der Waals surface area contributed by atoms with Crippen LogP contribution in [0.2, 0.25) is 0 Å². The van der Waals surface area contributed by atoms with Crippen LogP contribution in [0.1, 0.15) is 148 Å². The second-order valence-electron chi connectivity index (χ2n) is 12.5. The third kappa shape index (κ3) is 25.0. The van der Waals surface area contributed by atoms with E-state index in [2.05, 4.69) is 24.1 Å². The van der Waals surface area contributed by atoms with E-state index in [-0.39, 0.29) is 24.5 Å². The third-order valence-corrected chi connectivity index (χ3v) is 9.27. The number of pyridine rings is 1. The summed E-state index contributed by atoms with van der Waals surface area (Å²) in [7, 11) is 0. The second kappa shape index (κ2) is 30.2. The van der Waals surface area contributed by atoms with Gasteiger partial charge in [0.1, 0.15) is 12.7 Å².